The Kier molecular flexibility index (Phi) is 7.59. The minimum absolute atomic E-state index is 0.00351. The van der Waals surface area contributed by atoms with Gasteiger partial charge in [-0.25, -0.2) is 4.39 Å². The average molecular weight is 543 g/mol. The summed E-state index contributed by atoms with van der Waals surface area (Å²) in [4.78, 5) is 11.2. The van der Waals surface area contributed by atoms with Crippen LogP contribution < -0.4 is 4.74 Å². The summed E-state index contributed by atoms with van der Waals surface area (Å²) in [5.74, 6) is 0.732. The van der Waals surface area contributed by atoms with E-state index in [1.807, 2.05) is 41.8 Å². The Morgan fingerprint density at radius 2 is 1.85 bits per heavy atom. The summed E-state index contributed by atoms with van der Waals surface area (Å²) in [6.45, 7) is 1.46. The lowest BCUT2D eigenvalue weighted by atomic mass is 10.1. The van der Waals surface area contributed by atoms with E-state index in [-0.39, 0.29) is 23.9 Å². The smallest absolute Gasteiger partial charge is 0.220 e. The average Bonchev–Trinajstić information content (AvgIpc) is 3.18. The number of benzene rings is 3. The van der Waals surface area contributed by atoms with Crippen molar-refractivity contribution < 1.29 is 14.1 Å². The van der Waals surface area contributed by atoms with Crippen molar-refractivity contribution in [1.29, 1.82) is 0 Å². The van der Waals surface area contributed by atoms with Crippen LogP contribution in [0.25, 0.3) is 5.69 Å². The van der Waals surface area contributed by atoms with E-state index in [9.17, 15) is 14.5 Å². The van der Waals surface area contributed by atoms with Crippen LogP contribution >= 0.6 is 27.7 Å². The summed E-state index contributed by atoms with van der Waals surface area (Å²) >= 11 is 4.68. The highest BCUT2D eigenvalue weighted by molar-refractivity contribution is 9.10. The summed E-state index contributed by atoms with van der Waals surface area (Å²) in [7, 11) is 0. The molecule has 0 unspecified atom stereocenters. The van der Waals surface area contributed by atoms with Crippen molar-refractivity contribution in [3.8, 4) is 11.4 Å². The lowest BCUT2D eigenvalue weighted by Crippen LogP contribution is -2.13. The second-order valence-corrected chi connectivity index (χ2v) is 9.47. The molecule has 0 fully saturated rings. The zero-order chi connectivity index (χ0) is 24.1. The Bertz CT molecular complexity index is 1300. The highest BCUT2D eigenvalue weighted by Crippen LogP contribution is 2.41. The van der Waals surface area contributed by atoms with Gasteiger partial charge in [-0.1, -0.05) is 64.1 Å². The van der Waals surface area contributed by atoms with Gasteiger partial charge in [0.25, 0.3) is 0 Å². The third-order valence-electron chi connectivity index (χ3n) is 5.03. The first-order chi connectivity index (χ1) is 16.4. The molecule has 1 atom stereocenters. The van der Waals surface area contributed by atoms with Gasteiger partial charge in [0, 0.05) is 26.2 Å². The van der Waals surface area contributed by atoms with E-state index in [1.165, 1.54) is 17.8 Å². The molecule has 1 heterocycles. The molecular weight excluding hydrogens is 523 g/mol. The predicted molar refractivity (Wildman–Crippen MR) is 131 cm³/mol. The van der Waals surface area contributed by atoms with Gasteiger partial charge in [0.15, 0.2) is 5.16 Å². The fraction of sp³-hybridized carbons (Fsp3) is 0.167. The van der Waals surface area contributed by atoms with Crippen molar-refractivity contribution in [3.05, 3.63) is 110 Å². The van der Waals surface area contributed by atoms with Crippen LogP contribution in [0.3, 0.4) is 0 Å². The van der Waals surface area contributed by atoms with Crippen LogP contribution in [0.2, 0.25) is 0 Å². The van der Waals surface area contributed by atoms with Crippen LogP contribution in [-0.2, 0) is 6.61 Å². The van der Waals surface area contributed by atoms with E-state index in [4.69, 9.17) is 4.74 Å². The molecule has 1 aromatic heterocycles. The number of hydrogen-bond acceptors (Lipinski definition) is 6. The van der Waals surface area contributed by atoms with Crippen molar-refractivity contribution in [1.82, 2.24) is 14.8 Å². The van der Waals surface area contributed by atoms with Crippen molar-refractivity contribution in [2.45, 2.75) is 23.9 Å². The fourth-order valence-electron chi connectivity index (χ4n) is 3.43. The molecule has 34 heavy (non-hydrogen) atoms. The number of ether oxygens (including phenoxy) is 1. The van der Waals surface area contributed by atoms with Crippen molar-refractivity contribution in [3.63, 3.8) is 0 Å². The summed E-state index contributed by atoms with van der Waals surface area (Å²) in [6.07, 6.45) is 0. The van der Waals surface area contributed by atoms with E-state index >= 15 is 0 Å². The summed E-state index contributed by atoms with van der Waals surface area (Å²) in [5, 5.41) is 20.0. The molecule has 174 valence electrons. The van der Waals surface area contributed by atoms with Gasteiger partial charge in [0.05, 0.1) is 0 Å². The van der Waals surface area contributed by atoms with Crippen molar-refractivity contribution >= 4 is 27.7 Å². The van der Waals surface area contributed by atoms with Crippen LogP contribution in [0, 0.1) is 22.9 Å². The second kappa shape index (κ2) is 10.8. The van der Waals surface area contributed by atoms with Gasteiger partial charge in [-0.2, -0.15) is 0 Å². The van der Waals surface area contributed by atoms with Gasteiger partial charge in [-0.15, -0.1) is 10.2 Å². The Balaban J connectivity index is 1.68. The molecule has 0 spiro atoms. The first kappa shape index (κ1) is 23.9. The highest BCUT2D eigenvalue weighted by atomic mass is 79.9. The fourth-order valence-corrected chi connectivity index (χ4v) is 5.00. The monoisotopic (exact) mass is 542 g/mol. The lowest BCUT2D eigenvalue weighted by Gasteiger charge is -2.18. The molecular formula is C24H20BrFN4O3S. The lowest BCUT2D eigenvalue weighted by molar-refractivity contribution is -0.479. The zero-order valence-electron chi connectivity index (χ0n) is 18.1. The molecule has 0 aliphatic carbocycles. The van der Waals surface area contributed by atoms with Crippen LogP contribution in [0.4, 0.5) is 4.39 Å². The van der Waals surface area contributed by atoms with Crippen LogP contribution in [-0.4, -0.2) is 26.2 Å². The standard InChI is InChI=1S/C24H20BrFN4O3S/c1-16-27-28-24(30(16)19-8-3-2-4-9-19)34-23(14-29(31)32)20-13-18(25)11-12-22(20)33-15-17-7-5-6-10-21(17)26/h2-13,23H,14-15H2,1H3/t23-/m1/s1. The van der Waals surface area contributed by atoms with Crippen molar-refractivity contribution in [2.24, 2.45) is 0 Å². The molecule has 0 aliphatic rings. The minimum atomic E-state index is -0.630. The third kappa shape index (κ3) is 5.63. The number of nitro groups is 1. The molecule has 0 N–H and O–H groups in total. The number of hydrogen-bond donors (Lipinski definition) is 0. The van der Waals surface area contributed by atoms with E-state index in [2.05, 4.69) is 26.1 Å². The Morgan fingerprint density at radius 3 is 2.59 bits per heavy atom. The predicted octanol–water partition coefficient (Wildman–Crippen LogP) is 6.17. The topological polar surface area (TPSA) is 83.1 Å². The zero-order valence-corrected chi connectivity index (χ0v) is 20.5. The second-order valence-electron chi connectivity index (χ2n) is 7.38. The maximum Gasteiger partial charge on any atom is 0.220 e. The van der Waals surface area contributed by atoms with E-state index in [0.717, 1.165) is 10.2 Å². The van der Waals surface area contributed by atoms with E-state index < -0.39 is 5.25 Å². The molecule has 0 saturated carbocycles. The van der Waals surface area contributed by atoms with Gasteiger partial charge in [0.2, 0.25) is 6.54 Å². The summed E-state index contributed by atoms with van der Waals surface area (Å²) in [5.41, 5.74) is 1.86. The van der Waals surface area contributed by atoms with E-state index in [0.29, 0.717) is 27.9 Å². The number of thioether (sulfide) groups is 1. The first-order valence-electron chi connectivity index (χ1n) is 10.3. The number of nitrogens with zero attached hydrogens (tertiary/aromatic N) is 4. The number of para-hydroxylation sites is 1. The number of halogens is 2. The summed E-state index contributed by atoms with van der Waals surface area (Å²) in [6, 6.07) is 21.2. The quantitative estimate of drug-likeness (QED) is 0.143. The molecule has 4 rings (SSSR count). The first-order valence-corrected chi connectivity index (χ1v) is 12.0. The van der Waals surface area contributed by atoms with Gasteiger partial charge >= 0.3 is 0 Å². The van der Waals surface area contributed by atoms with Gasteiger partial charge in [-0.3, -0.25) is 14.7 Å². The van der Waals surface area contributed by atoms with Crippen LogP contribution in [0.15, 0.2) is 82.4 Å². The molecule has 0 aliphatic heterocycles. The summed E-state index contributed by atoms with van der Waals surface area (Å²) < 4.78 is 22.6. The Hall–Kier alpha value is -3.24. The number of rotatable bonds is 9. The molecule has 0 bridgehead atoms. The Labute approximate surface area is 208 Å². The molecule has 0 radical (unpaired) electrons. The molecule has 3 aromatic carbocycles. The SMILES string of the molecule is Cc1nnc(S[C@H](C[N+](=O)[O-])c2cc(Br)ccc2OCc2ccccc2F)n1-c1ccccc1. The van der Waals surface area contributed by atoms with Gasteiger partial charge < -0.3 is 4.74 Å². The largest absolute Gasteiger partial charge is 0.488 e. The normalized spacial score (nSPS) is 11.9. The molecule has 0 saturated heterocycles. The van der Waals surface area contributed by atoms with Crippen LogP contribution in [0.5, 0.6) is 5.75 Å². The van der Waals surface area contributed by atoms with Crippen molar-refractivity contribution in [2.75, 3.05) is 6.54 Å². The number of aryl methyl sites for hydroxylation is 1. The molecule has 10 heteroatoms. The van der Waals surface area contributed by atoms with Crippen LogP contribution in [0.1, 0.15) is 22.2 Å². The van der Waals surface area contributed by atoms with Gasteiger partial charge in [0.1, 0.15) is 29.2 Å². The van der Waals surface area contributed by atoms with E-state index in [1.54, 1.807) is 36.4 Å². The molecule has 0 amide bonds. The highest BCUT2D eigenvalue weighted by Gasteiger charge is 2.27. The third-order valence-corrected chi connectivity index (χ3v) is 6.69. The maximum absolute atomic E-state index is 14.1. The molecule has 4 aromatic rings. The van der Waals surface area contributed by atoms with Gasteiger partial charge in [-0.05, 0) is 43.3 Å². The minimum Gasteiger partial charge on any atom is -0.488 e. The molecule has 7 nitrogen and oxygen atoms in total. The number of aromatic nitrogens is 3. The Morgan fingerprint density at radius 1 is 1.12 bits per heavy atom. The maximum atomic E-state index is 14.1.